The van der Waals surface area contributed by atoms with Crippen LogP contribution in [0.1, 0.15) is 30.1 Å². The summed E-state index contributed by atoms with van der Waals surface area (Å²) >= 11 is 6.25. The molecule has 0 aliphatic heterocycles. The van der Waals surface area contributed by atoms with Crippen molar-refractivity contribution in [1.82, 2.24) is 0 Å². The van der Waals surface area contributed by atoms with Gasteiger partial charge in [-0.1, -0.05) is 48.9 Å². The highest BCUT2D eigenvalue weighted by atomic mass is 35.5. The van der Waals surface area contributed by atoms with E-state index in [2.05, 4.69) is 0 Å². The predicted octanol–water partition coefficient (Wildman–Crippen LogP) is 4.19. The number of halogens is 1. The number of benzene rings is 2. The third-order valence-electron chi connectivity index (χ3n) is 3.63. The Labute approximate surface area is 130 Å². The Balaban J connectivity index is 2.39. The van der Waals surface area contributed by atoms with Crippen molar-refractivity contribution in [1.29, 1.82) is 0 Å². The van der Waals surface area contributed by atoms with Gasteiger partial charge in [0.05, 0.1) is 20.3 Å². The highest BCUT2D eigenvalue weighted by Gasteiger charge is 2.24. The quantitative estimate of drug-likeness (QED) is 0.900. The van der Waals surface area contributed by atoms with Crippen molar-refractivity contribution < 1.29 is 14.6 Å². The third kappa shape index (κ3) is 3.14. The predicted molar refractivity (Wildman–Crippen MR) is 84.4 cm³/mol. The molecule has 21 heavy (non-hydrogen) atoms. The lowest BCUT2D eigenvalue weighted by atomic mass is 9.90. The molecule has 3 nitrogen and oxygen atoms in total. The van der Waals surface area contributed by atoms with Crippen molar-refractivity contribution in [2.24, 2.45) is 0 Å². The molecule has 2 rings (SSSR count). The van der Waals surface area contributed by atoms with E-state index in [0.29, 0.717) is 22.1 Å². The van der Waals surface area contributed by atoms with Crippen LogP contribution in [-0.2, 0) is 0 Å². The first-order chi connectivity index (χ1) is 10.1. The molecule has 1 N–H and O–H groups in total. The average Bonchev–Trinajstić information content (AvgIpc) is 2.54. The van der Waals surface area contributed by atoms with Crippen LogP contribution in [0.15, 0.2) is 42.5 Å². The normalized spacial score (nSPS) is 13.6. The molecule has 0 heterocycles. The van der Waals surface area contributed by atoms with Crippen molar-refractivity contribution in [3.05, 3.63) is 58.6 Å². The van der Waals surface area contributed by atoms with Gasteiger partial charge in [0.15, 0.2) is 0 Å². The van der Waals surface area contributed by atoms with Crippen molar-refractivity contribution in [3.63, 3.8) is 0 Å². The van der Waals surface area contributed by atoms with E-state index in [4.69, 9.17) is 21.1 Å². The Morgan fingerprint density at radius 2 is 1.67 bits per heavy atom. The van der Waals surface area contributed by atoms with Crippen molar-refractivity contribution in [3.8, 4) is 11.5 Å². The number of rotatable bonds is 5. The lowest BCUT2D eigenvalue weighted by molar-refractivity contribution is 0.148. The SMILES string of the molecule is COc1ccc(C(O)C(C)c2ccccc2)c(OC)c1Cl. The van der Waals surface area contributed by atoms with E-state index in [-0.39, 0.29) is 5.92 Å². The van der Waals surface area contributed by atoms with Gasteiger partial charge in [0.25, 0.3) is 0 Å². The molecule has 0 bridgehead atoms. The maximum Gasteiger partial charge on any atom is 0.147 e. The highest BCUT2D eigenvalue weighted by molar-refractivity contribution is 6.33. The summed E-state index contributed by atoms with van der Waals surface area (Å²) in [7, 11) is 3.08. The monoisotopic (exact) mass is 306 g/mol. The molecule has 2 aromatic rings. The second-order valence-electron chi connectivity index (χ2n) is 4.85. The number of hydrogen-bond acceptors (Lipinski definition) is 3. The molecule has 0 aromatic heterocycles. The number of aliphatic hydroxyl groups excluding tert-OH is 1. The van der Waals surface area contributed by atoms with Gasteiger partial charge in [-0.05, 0) is 17.7 Å². The molecule has 0 aliphatic carbocycles. The first-order valence-corrected chi connectivity index (χ1v) is 7.11. The number of ether oxygens (including phenoxy) is 2. The smallest absolute Gasteiger partial charge is 0.147 e. The largest absolute Gasteiger partial charge is 0.495 e. The second kappa shape index (κ2) is 6.83. The van der Waals surface area contributed by atoms with E-state index in [9.17, 15) is 5.11 Å². The molecule has 0 radical (unpaired) electrons. The van der Waals surface area contributed by atoms with Gasteiger partial charge in [-0.25, -0.2) is 0 Å². The van der Waals surface area contributed by atoms with Crippen LogP contribution in [0.4, 0.5) is 0 Å². The lowest BCUT2D eigenvalue weighted by Gasteiger charge is -2.22. The molecule has 0 aliphatic rings. The maximum atomic E-state index is 10.7. The zero-order valence-electron chi connectivity index (χ0n) is 12.3. The Hall–Kier alpha value is -1.71. The van der Waals surface area contributed by atoms with Crippen LogP contribution in [-0.4, -0.2) is 19.3 Å². The van der Waals surface area contributed by atoms with Crippen LogP contribution in [0.5, 0.6) is 11.5 Å². The van der Waals surface area contributed by atoms with Gasteiger partial charge in [0.2, 0.25) is 0 Å². The Bertz CT molecular complexity index is 598. The fourth-order valence-electron chi connectivity index (χ4n) is 2.36. The fourth-order valence-corrected chi connectivity index (χ4v) is 2.69. The van der Waals surface area contributed by atoms with E-state index >= 15 is 0 Å². The fraction of sp³-hybridized carbons (Fsp3) is 0.294. The molecule has 2 unspecified atom stereocenters. The van der Waals surface area contributed by atoms with Gasteiger partial charge < -0.3 is 14.6 Å². The first kappa shape index (κ1) is 15.7. The maximum absolute atomic E-state index is 10.7. The summed E-state index contributed by atoms with van der Waals surface area (Å²) in [6.45, 7) is 1.97. The summed E-state index contributed by atoms with van der Waals surface area (Å²) in [6.07, 6.45) is -0.717. The van der Waals surface area contributed by atoms with Crippen LogP contribution in [0, 0.1) is 0 Å². The molecule has 0 spiro atoms. The Kier molecular flexibility index (Phi) is 5.10. The van der Waals surface area contributed by atoms with E-state index in [0.717, 1.165) is 5.56 Å². The van der Waals surface area contributed by atoms with Crippen LogP contribution < -0.4 is 9.47 Å². The van der Waals surface area contributed by atoms with Gasteiger partial charge in [0.1, 0.15) is 16.5 Å². The summed E-state index contributed by atoms with van der Waals surface area (Å²) in [5, 5.41) is 11.0. The van der Waals surface area contributed by atoms with Gasteiger partial charge in [-0.3, -0.25) is 0 Å². The molecule has 4 heteroatoms. The number of aliphatic hydroxyl groups is 1. The van der Waals surface area contributed by atoms with Crippen molar-refractivity contribution >= 4 is 11.6 Å². The Morgan fingerprint density at radius 1 is 1.00 bits per heavy atom. The van der Waals surface area contributed by atoms with Crippen LogP contribution in [0.25, 0.3) is 0 Å². The minimum atomic E-state index is -0.717. The molecule has 112 valence electrons. The van der Waals surface area contributed by atoms with E-state index in [1.54, 1.807) is 19.2 Å². The summed E-state index contributed by atoms with van der Waals surface area (Å²) in [6, 6.07) is 13.4. The summed E-state index contributed by atoms with van der Waals surface area (Å²) in [5.41, 5.74) is 1.71. The minimum Gasteiger partial charge on any atom is -0.495 e. The topological polar surface area (TPSA) is 38.7 Å². The summed E-state index contributed by atoms with van der Waals surface area (Å²) in [4.78, 5) is 0. The molecule has 0 fully saturated rings. The Morgan fingerprint density at radius 3 is 2.24 bits per heavy atom. The molecular formula is C17H19ClO3. The highest BCUT2D eigenvalue weighted by Crippen LogP contribution is 2.42. The average molecular weight is 307 g/mol. The molecule has 0 amide bonds. The minimum absolute atomic E-state index is 0.0791. The molecular weight excluding hydrogens is 288 g/mol. The zero-order chi connectivity index (χ0) is 15.4. The lowest BCUT2D eigenvalue weighted by Crippen LogP contribution is -2.09. The van der Waals surface area contributed by atoms with Gasteiger partial charge >= 0.3 is 0 Å². The first-order valence-electron chi connectivity index (χ1n) is 6.73. The van der Waals surface area contributed by atoms with Crippen molar-refractivity contribution in [2.45, 2.75) is 18.9 Å². The number of hydrogen-bond donors (Lipinski definition) is 1. The van der Waals surface area contributed by atoms with Gasteiger partial charge in [-0.15, -0.1) is 0 Å². The van der Waals surface area contributed by atoms with Crippen LogP contribution in [0.2, 0.25) is 5.02 Å². The van der Waals surface area contributed by atoms with E-state index in [1.807, 2.05) is 37.3 Å². The zero-order valence-corrected chi connectivity index (χ0v) is 13.1. The van der Waals surface area contributed by atoms with E-state index < -0.39 is 6.10 Å². The van der Waals surface area contributed by atoms with Crippen molar-refractivity contribution in [2.75, 3.05) is 14.2 Å². The summed E-state index contributed by atoms with van der Waals surface area (Å²) in [5.74, 6) is 0.896. The number of methoxy groups -OCH3 is 2. The molecule has 0 saturated carbocycles. The molecule has 0 saturated heterocycles. The van der Waals surface area contributed by atoms with Crippen LogP contribution in [0.3, 0.4) is 0 Å². The van der Waals surface area contributed by atoms with Crippen LogP contribution >= 0.6 is 11.6 Å². The summed E-state index contributed by atoms with van der Waals surface area (Å²) < 4.78 is 10.5. The van der Waals surface area contributed by atoms with Gasteiger partial charge in [0, 0.05) is 11.5 Å². The second-order valence-corrected chi connectivity index (χ2v) is 5.23. The van der Waals surface area contributed by atoms with Gasteiger partial charge in [-0.2, -0.15) is 0 Å². The molecule has 2 atom stereocenters. The van der Waals surface area contributed by atoms with E-state index in [1.165, 1.54) is 7.11 Å². The molecule has 2 aromatic carbocycles. The third-order valence-corrected chi connectivity index (χ3v) is 3.99. The standard InChI is InChI=1S/C17H19ClO3/c1-11(12-7-5-4-6-8-12)16(19)13-9-10-14(20-2)15(18)17(13)21-3/h4-11,16,19H,1-3H3.